The molecule has 2 rings (SSSR count). The van der Waals surface area contributed by atoms with Gasteiger partial charge in [0.25, 0.3) is 5.91 Å². The van der Waals surface area contributed by atoms with Crippen molar-refractivity contribution in [3.05, 3.63) is 51.2 Å². The SMILES string of the molecule is COc1ccc(NC(=O)c2cnc(Cl)c(Cl)c2)cc1Cl. The van der Waals surface area contributed by atoms with E-state index in [1.165, 1.54) is 19.4 Å². The lowest BCUT2D eigenvalue weighted by atomic mass is 10.2. The number of rotatable bonds is 3. The number of nitrogens with one attached hydrogen (secondary N) is 1. The van der Waals surface area contributed by atoms with Gasteiger partial charge >= 0.3 is 0 Å². The summed E-state index contributed by atoms with van der Waals surface area (Å²) in [6, 6.07) is 6.36. The number of nitrogens with zero attached hydrogens (tertiary/aromatic N) is 1. The first-order valence-electron chi connectivity index (χ1n) is 5.47. The Hall–Kier alpha value is -1.49. The fraction of sp³-hybridized carbons (Fsp3) is 0.0769. The van der Waals surface area contributed by atoms with E-state index in [-0.39, 0.29) is 16.1 Å². The predicted octanol–water partition coefficient (Wildman–Crippen LogP) is 4.30. The van der Waals surface area contributed by atoms with Gasteiger partial charge in [-0.2, -0.15) is 0 Å². The Morgan fingerprint density at radius 1 is 1.20 bits per heavy atom. The smallest absolute Gasteiger partial charge is 0.257 e. The topological polar surface area (TPSA) is 51.2 Å². The Kier molecular flexibility index (Phi) is 4.70. The Bertz CT molecular complexity index is 662. The number of amides is 1. The van der Waals surface area contributed by atoms with Crippen LogP contribution in [0.25, 0.3) is 0 Å². The maximum atomic E-state index is 12.0. The van der Waals surface area contributed by atoms with Crippen molar-refractivity contribution in [2.24, 2.45) is 0 Å². The number of halogens is 3. The molecule has 0 spiro atoms. The van der Waals surface area contributed by atoms with Crippen LogP contribution in [0, 0.1) is 0 Å². The molecule has 0 unspecified atom stereocenters. The molecule has 20 heavy (non-hydrogen) atoms. The van der Waals surface area contributed by atoms with Crippen molar-refractivity contribution in [2.45, 2.75) is 0 Å². The van der Waals surface area contributed by atoms with Gasteiger partial charge in [-0.3, -0.25) is 4.79 Å². The Morgan fingerprint density at radius 2 is 1.95 bits per heavy atom. The second kappa shape index (κ2) is 6.31. The Labute approximate surface area is 130 Å². The summed E-state index contributed by atoms with van der Waals surface area (Å²) in [5.74, 6) is 0.165. The third-order valence-electron chi connectivity index (χ3n) is 2.47. The van der Waals surface area contributed by atoms with Crippen molar-refractivity contribution in [3.63, 3.8) is 0 Å². The summed E-state index contributed by atoms with van der Waals surface area (Å²) in [6.07, 6.45) is 1.34. The van der Waals surface area contributed by atoms with Crippen LogP contribution < -0.4 is 10.1 Å². The fourth-order valence-electron chi connectivity index (χ4n) is 1.49. The molecule has 7 heteroatoms. The maximum absolute atomic E-state index is 12.0. The van der Waals surface area contributed by atoms with E-state index in [0.29, 0.717) is 22.0 Å². The Balaban J connectivity index is 2.19. The van der Waals surface area contributed by atoms with Crippen molar-refractivity contribution < 1.29 is 9.53 Å². The molecule has 0 saturated carbocycles. The lowest BCUT2D eigenvalue weighted by molar-refractivity contribution is 0.102. The number of aromatic nitrogens is 1. The zero-order valence-electron chi connectivity index (χ0n) is 10.3. The number of ether oxygens (including phenoxy) is 1. The summed E-state index contributed by atoms with van der Waals surface area (Å²) < 4.78 is 5.03. The molecule has 2 aromatic rings. The largest absolute Gasteiger partial charge is 0.495 e. The normalized spacial score (nSPS) is 10.2. The van der Waals surface area contributed by atoms with Crippen LogP contribution in [0.15, 0.2) is 30.5 Å². The second-order valence-corrected chi connectivity index (χ2v) is 4.97. The summed E-state index contributed by atoms with van der Waals surface area (Å²) in [4.78, 5) is 15.8. The number of carbonyl (C=O) groups excluding carboxylic acids is 1. The minimum absolute atomic E-state index is 0.149. The molecule has 104 valence electrons. The molecule has 4 nitrogen and oxygen atoms in total. The number of methoxy groups -OCH3 is 1. The average molecular weight is 332 g/mol. The first kappa shape index (κ1) is 14.9. The lowest BCUT2D eigenvalue weighted by Gasteiger charge is -2.08. The number of carbonyl (C=O) groups is 1. The van der Waals surface area contributed by atoms with Gasteiger partial charge in [0.15, 0.2) is 0 Å². The van der Waals surface area contributed by atoms with Crippen LogP contribution in [0.5, 0.6) is 5.75 Å². The predicted molar refractivity (Wildman–Crippen MR) is 80.2 cm³/mol. The van der Waals surface area contributed by atoms with Crippen molar-refractivity contribution in [3.8, 4) is 5.75 Å². The van der Waals surface area contributed by atoms with Crippen molar-refractivity contribution in [1.82, 2.24) is 4.98 Å². The maximum Gasteiger partial charge on any atom is 0.257 e. The zero-order valence-corrected chi connectivity index (χ0v) is 12.6. The summed E-state index contributed by atoms with van der Waals surface area (Å²) in [5.41, 5.74) is 0.832. The van der Waals surface area contributed by atoms with Gasteiger partial charge in [0.05, 0.1) is 22.7 Å². The molecule has 0 aliphatic rings. The summed E-state index contributed by atoms with van der Waals surface area (Å²) in [7, 11) is 1.51. The van der Waals surface area contributed by atoms with Gasteiger partial charge in [-0.05, 0) is 24.3 Å². The van der Waals surface area contributed by atoms with Crippen LogP contribution >= 0.6 is 34.8 Å². The van der Waals surface area contributed by atoms with Crippen LogP contribution in [-0.4, -0.2) is 18.0 Å². The zero-order chi connectivity index (χ0) is 14.7. The van der Waals surface area contributed by atoms with E-state index in [1.54, 1.807) is 18.2 Å². The number of anilines is 1. The van der Waals surface area contributed by atoms with Gasteiger partial charge < -0.3 is 10.1 Å². The molecule has 0 aliphatic carbocycles. The fourth-order valence-corrected chi connectivity index (χ4v) is 2.02. The molecule has 0 saturated heterocycles. The molecule has 1 amide bonds. The van der Waals surface area contributed by atoms with Crippen LogP contribution in [-0.2, 0) is 0 Å². The molecular formula is C13H9Cl3N2O2. The van der Waals surface area contributed by atoms with Crippen LogP contribution in [0.2, 0.25) is 15.2 Å². The average Bonchev–Trinajstić information content (AvgIpc) is 2.42. The van der Waals surface area contributed by atoms with Crippen LogP contribution in [0.1, 0.15) is 10.4 Å². The Morgan fingerprint density at radius 3 is 2.55 bits per heavy atom. The van der Waals surface area contributed by atoms with Crippen LogP contribution in [0.4, 0.5) is 5.69 Å². The first-order chi connectivity index (χ1) is 9.51. The highest BCUT2D eigenvalue weighted by atomic mass is 35.5. The highest BCUT2D eigenvalue weighted by molar-refractivity contribution is 6.41. The first-order valence-corrected chi connectivity index (χ1v) is 6.60. The third-order valence-corrected chi connectivity index (χ3v) is 3.45. The molecule has 0 radical (unpaired) electrons. The third kappa shape index (κ3) is 3.33. The van der Waals surface area contributed by atoms with E-state index in [1.807, 2.05) is 0 Å². The van der Waals surface area contributed by atoms with Crippen LogP contribution in [0.3, 0.4) is 0 Å². The molecular weight excluding hydrogens is 323 g/mol. The standard InChI is InChI=1S/C13H9Cl3N2O2/c1-20-11-3-2-8(5-9(11)14)18-13(19)7-4-10(15)12(16)17-6-7/h2-6H,1H3,(H,18,19). The van der Waals surface area contributed by atoms with E-state index in [0.717, 1.165) is 0 Å². The molecule has 0 atom stereocenters. The van der Waals surface area contributed by atoms with Gasteiger partial charge in [0.2, 0.25) is 0 Å². The number of pyridine rings is 1. The highest BCUT2D eigenvalue weighted by Gasteiger charge is 2.10. The summed E-state index contributed by atoms with van der Waals surface area (Å²) in [5, 5.41) is 3.44. The van der Waals surface area contributed by atoms with Crippen molar-refractivity contribution in [2.75, 3.05) is 12.4 Å². The van der Waals surface area contributed by atoms with Crippen molar-refractivity contribution >= 4 is 46.4 Å². The number of hydrogen-bond acceptors (Lipinski definition) is 3. The highest BCUT2D eigenvalue weighted by Crippen LogP contribution is 2.27. The molecule has 0 bridgehead atoms. The monoisotopic (exact) mass is 330 g/mol. The van der Waals surface area contributed by atoms with Gasteiger partial charge in [0, 0.05) is 11.9 Å². The van der Waals surface area contributed by atoms with Gasteiger partial charge in [0.1, 0.15) is 10.9 Å². The number of benzene rings is 1. The van der Waals surface area contributed by atoms with E-state index < -0.39 is 0 Å². The molecule has 0 aliphatic heterocycles. The molecule has 1 aromatic heterocycles. The lowest BCUT2D eigenvalue weighted by Crippen LogP contribution is -2.12. The molecule has 0 fully saturated rings. The van der Waals surface area contributed by atoms with Gasteiger partial charge in [-0.25, -0.2) is 4.98 Å². The van der Waals surface area contributed by atoms with E-state index in [4.69, 9.17) is 39.5 Å². The minimum Gasteiger partial charge on any atom is -0.495 e. The van der Waals surface area contributed by atoms with E-state index in [9.17, 15) is 4.79 Å². The van der Waals surface area contributed by atoms with Gasteiger partial charge in [-0.15, -0.1) is 0 Å². The quantitative estimate of drug-likeness (QED) is 0.853. The van der Waals surface area contributed by atoms with E-state index >= 15 is 0 Å². The van der Waals surface area contributed by atoms with Crippen molar-refractivity contribution in [1.29, 1.82) is 0 Å². The second-order valence-electron chi connectivity index (χ2n) is 3.80. The summed E-state index contributed by atoms with van der Waals surface area (Å²) >= 11 is 17.5. The van der Waals surface area contributed by atoms with E-state index in [2.05, 4.69) is 10.3 Å². The molecule has 1 N–H and O–H groups in total. The summed E-state index contributed by atoms with van der Waals surface area (Å²) in [6.45, 7) is 0. The molecule has 1 aromatic carbocycles. The minimum atomic E-state index is -0.364. The molecule has 1 heterocycles. The number of hydrogen-bond donors (Lipinski definition) is 1. The van der Waals surface area contributed by atoms with Gasteiger partial charge in [-0.1, -0.05) is 34.8 Å².